The number of benzene rings is 1. The van der Waals surface area contributed by atoms with E-state index in [1.54, 1.807) is 23.2 Å². The van der Waals surface area contributed by atoms with Gasteiger partial charge in [0.05, 0.1) is 30.2 Å². The maximum Gasteiger partial charge on any atom is 0.257 e. The number of aromatic nitrogens is 1. The van der Waals surface area contributed by atoms with Crippen molar-refractivity contribution in [3.63, 3.8) is 0 Å². The number of pyridine rings is 1. The second-order valence-corrected chi connectivity index (χ2v) is 9.12. The number of anilines is 3. The highest BCUT2D eigenvalue weighted by Crippen LogP contribution is 2.37. The number of fused-ring (bicyclic) bond motifs is 2. The molecule has 1 fully saturated rings. The zero-order valence-electron chi connectivity index (χ0n) is 21.1. The van der Waals surface area contributed by atoms with Gasteiger partial charge in [-0.3, -0.25) is 19.4 Å². The Hall–Kier alpha value is -2.81. The molecule has 35 heavy (non-hydrogen) atoms. The average molecular weight is 480 g/mol. The summed E-state index contributed by atoms with van der Waals surface area (Å²) in [5, 5.41) is 2.94. The van der Waals surface area contributed by atoms with Crippen molar-refractivity contribution in [3.8, 4) is 0 Å². The van der Waals surface area contributed by atoms with Crippen LogP contribution in [0.2, 0.25) is 0 Å². The normalized spacial score (nSPS) is 18.1. The maximum atomic E-state index is 13.6. The van der Waals surface area contributed by atoms with Gasteiger partial charge in [-0.1, -0.05) is 26.8 Å². The molecule has 2 aliphatic heterocycles. The Kier molecular flexibility index (Phi) is 8.49. The highest BCUT2D eigenvalue weighted by molar-refractivity contribution is 6.17. The summed E-state index contributed by atoms with van der Waals surface area (Å²) in [5.74, 6) is 0.201. The van der Waals surface area contributed by atoms with Crippen LogP contribution >= 0.6 is 0 Å². The fourth-order valence-corrected chi connectivity index (χ4v) is 4.89. The molecule has 1 atom stereocenters. The van der Waals surface area contributed by atoms with E-state index in [4.69, 9.17) is 4.74 Å². The molecule has 1 N–H and O–H groups in total. The number of aryl methyl sites for hydroxylation is 1. The summed E-state index contributed by atoms with van der Waals surface area (Å²) in [6.07, 6.45) is 3.57. The van der Waals surface area contributed by atoms with E-state index in [2.05, 4.69) is 40.9 Å². The van der Waals surface area contributed by atoms with Gasteiger partial charge in [0, 0.05) is 31.7 Å². The first-order valence-electron chi connectivity index (χ1n) is 12.8. The summed E-state index contributed by atoms with van der Waals surface area (Å²) in [4.78, 5) is 37.6. The monoisotopic (exact) mass is 479 g/mol. The molecule has 1 unspecified atom stereocenters. The largest absolute Gasteiger partial charge is 0.378 e. The van der Waals surface area contributed by atoms with E-state index < -0.39 is 0 Å². The van der Waals surface area contributed by atoms with Gasteiger partial charge in [0.1, 0.15) is 0 Å². The summed E-state index contributed by atoms with van der Waals surface area (Å²) in [5.41, 5.74) is 2.69. The second kappa shape index (κ2) is 11.7. The Bertz CT molecular complexity index is 1040. The number of morpholine rings is 1. The highest BCUT2D eigenvalue weighted by atomic mass is 16.5. The summed E-state index contributed by atoms with van der Waals surface area (Å²) in [6.45, 7) is 12.6. The standard InChI is InChI=1S/C27H37N5O3/c1-4-20-11-12-24-22(17-20)27(34)29-23-9-7-13-28-26(23)32(24)25(33)10-8-14-31-15-16-35-19-21(31)18-30(5-2)6-3/h7,9,11-13,17,21H,4-6,8,10,14-16,18-19H2,1-3H3,(H,29,34). The van der Waals surface area contributed by atoms with Gasteiger partial charge >= 0.3 is 0 Å². The molecule has 0 saturated carbocycles. The summed E-state index contributed by atoms with van der Waals surface area (Å²) >= 11 is 0. The van der Waals surface area contributed by atoms with Crippen molar-refractivity contribution in [3.05, 3.63) is 47.7 Å². The molecule has 0 aliphatic carbocycles. The first kappa shape index (κ1) is 25.3. The summed E-state index contributed by atoms with van der Waals surface area (Å²) < 4.78 is 5.76. The highest BCUT2D eigenvalue weighted by Gasteiger charge is 2.31. The number of ether oxygens (including phenoxy) is 1. The number of nitrogens with zero attached hydrogens (tertiary/aromatic N) is 4. The quantitative estimate of drug-likeness (QED) is 0.591. The third-order valence-corrected chi connectivity index (χ3v) is 7.00. The van der Waals surface area contributed by atoms with E-state index in [1.165, 1.54) is 0 Å². The van der Waals surface area contributed by atoms with Crippen molar-refractivity contribution in [2.24, 2.45) is 0 Å². The molecule has 0 radical (unpaired) electrons. The molecular weight excluding hydrogens is 442 g/mol. The van der Waals surface area contributed by atoms with E-state index in [0.717, 1.165) is 64.3 Å². The predicted octanol–water partition coefficient (Wildman–Crippen LogP) is 3.70. The van der Waals surface area contributed by atoms with Crippen molar-refractivity contribution < 1.29 is 14.3 Å². The van der Waals surface area contributed by atoms with Crippen LogP contribution in [-0.2, 0) is 16.0 Å². The van der Waals surface area contributed by atoms with Crippen LogP contribution < -0.4 is 10.2 Å². The van der Waals surface area contributed by atoms with Crippen LogP contribution in [0.5, 0.6) is 0 Å². The number of hydrogen-bond acceptors (Lipinski definition) is 6. The predicted molar refractivity (Wildman–Crippen MR) is 138 cm³/mol. The number of amides is 2. The second-order valence-electron chi connectivity index (χ2n) is 9.12. The topological polar surface area (TPSA) is 78.0 Å². The van der Waals surface area contributed by atoms with E-state index in [1.807, 2.05) is 18.2 Å². The van der Waals surface area contributed by atoms with Crippen molar-refractivity contribution >= 4 is 29.0 Å². The minimum absolute atomic E-state index is 0.0551. The molecule has 0 bridgehead atoms. The minimum atomic E-state index is -0.215. The number of hydrogen-bond donors (Lipinski definition) is 1. The molecule has 2 aromatic rings. The Morgan fingerprint density at radius 3 is 2.83 bits per heavy atom. The van der Waals surface area contributed by atoms with Crippen molar-refractivity contribution in [1.82, 2.24) is 14.8 Å². The van der Waals surface area contributed by atoms with E-state index in [9.17, 15) is 9.59 Å². The van der Waals surface area contributed by atoms with Crippen LogP contribution in [0.15, 0.2) is 36.5 Å². The molecule has 1 saturated heterocycles. The fraction of sp³-hybridized carbons (Fsp3) is 0.519. The van der Waals surface area contributed by atoms with Gasteiger partial charge in [0.15, 0.2) is 5.82 Å². The van der Waals surface area contributed by atoms with Gasteiger partial charge in [0.2, 0.25) is 5.91 Å². The lowest BCUT2D eigenvalue weighted by Gasteiger charge is -2.38. The Morgan fingerprint density at radius 2 is 2.06 bits per heavy atom. The number of likely N-dealkylation sites (N-methyl/N-ethyl adjacent to an activating group) is 1. The molecule has 2 amide bonds. The maximum absolute atomic E-state index is 13.6. The molecular formula is C27H37N5O3. The molecule has 8 nitrogen and oxygen atoms in total. The molecule has 4 rings (SSSR count). The average Bonchev–Trinajstić information content (AvgIpc) is 3.01. The van der Waals surface area contributed by atoms with Crippen molar-refractivity contribution in [2.75, 3.05) is 56.2 Å². The lowest BCUT2D eigenvalue weighted by Crippen LogP contribution is -2.51. The number of carbonyl (C=O) groups is 2. The smallest absolute Gasteiger partial charge is 0.257 e. The third kappa shape index (κ3) is 5.72. The third-order valence-electron chi connectivity index (χ3n) is 7.00. The van der Waals surface area contributed by atoms with Gasteiger partial charge in [-0.15, -0.1) is 0 Å². The molecule has 1 aromatic carbocycles. The van der Waals surface area contributed by atoms with Crippen LogP contribution in [0.1, 0.15) is 49.5 Å². The Labute approximate surface area is 208 Å². The van der Waals surface area contributed by atoms with Gasteiger partial charge in [-0.25, -0.2) is 4.98 Å². The molecule has 8 heteroatoms. The number of carbonyl (C=O) groups excluding carboxylic acids is 2. The molecule has 3 heterocycles. The minimum Gasteiger partial charge on any atom is -0.378 e. The zero-order chi connectivity index (χ0) is 24.8. The van der Waals surface area contributed by atoms with Crippen LogP contribution in [0.3, 0.4) is 0 Å². The van der Waals surface area contributed by atoms with Gasteiger partial charge < -0.3 is 15.0 Å². The number of nitrogens with one attached hydrogen (secondary N) is 1. The van der Waals surface area contributed by atoms with E-state index in [0.29, 0.717) is 35.2 Å². The molecule has 1 aromatic heterocycles. The van der Waals surface area contributed by atoms with Crippen LogP contribution in [0, 0.1) is 0 Å². The summed E-state index contributed by atoms with van der Waals surface area (Å²) in [7, 11) is 0. The van der Waals surface area contributed by atoms with Crippen LogP contribution in [0.25, 0.3) is 0 Å². The molecule has 0 spiro atoms. The SMILES string of the molecule is CCc1ccc2c(c1)C(=O)Nc1cccnc1N2C(=O)CCCN1CCOCC1CN(CC)CC. The number of rotatable bonds is 9. The Balaban J connectivity index is 1.51. The summed E-state index contributed by atoms with van der Waals surface area (Å²) in [6, 6.07) is 9.63. The van der Waals surface area contributed by atoms with Gasteiger partial charge in [-0.05, 0) is 62.3 Å². The first-order valence-corrected chi connectivity index (χ1v) is 12.8. The van der Waals surface area contributed by atoms with Crippen LogP contribution in [0.4, 0.5) is 17.2 Å². The van der Waals surface area contributed by atoms with Gasteiger partial charge in [-0.2, -0.15) is 0 Å². The lowest BCUT2D eigenvalue weighted by molar-refractivity contribution is -0.118. The Morgan fingerprint density at radius 1 is 1.23 bits per heavy atom. The van der Waals surface area contributed by atoms with Crippen molar-refractivity contribution in [1.29, 1.82) is 0 Å². The fourth-order valence-electron chi connectivity index (χ4n) is 4.89. The van der Waals surface area contributed by atoms with E-state index in [-0.39, 0.29) is 11.8 Å². The molecule has 188 valence electrons. The van der Waals surface area contributed by atoms with E-state index >= 15 is 0 Å². The van der Waals surface area contributed by atoms with Crippen molar-refractivity contribution in [2.45, 2.75) is 46.1 Å². The van der Waals surface area contributed by atoms with Gasteiger partial charge in [0.25, 0.3) is 5.91 Å². The molecule has 2 aliphatic rings. The zero-order valence-corrected chi connectivity index (χ0v) is 21.1. The van der Waals surface area contributed by atoms with Crippen LogP contribution in [-0.4, -0.2) is 78.6 Å². The lowest BCUT2D eigenvalue weighted by atomic mass is 10.0. The first-order chi connectivity index (χ1) is 17.0.